The first-order chi connectivity index (χ1) is 17.1. The van der Waals surface area contributed by atoms with Crippen molar-refractivity contribution in [2.45, 2.75) is 43.5 Å². The number of nitrogens with zero attached hydrogens (tertiary/aromatic N) is 4. The van der Waals surface area contributed by atoms with E-state index in [2.05, 4.69) is 10.2 Å². The maximum atomic E-state index is 13.9. The molecule has 176 valence electrons. The Bertz CT molecular complexity index is 1610. The fourth-order valence-corrected chi connectivity index (χ4v) is 6.69. The predicted molar refractivity (Wildman–Crippen MR) is 141 cm³/mol. The third kappa shape index (κ3) is 4.20. The van der Waals surface area contributed by atoms with Gasteiger partial charge in [0.2, 0.25) is 11.8 Å². The number of rotatable bonds is 5. The zero-order valence-corrected chi connectivity index (χ0v) is 21.3. The summed E-state index contributed by atoms with van der Waals surface area (Å²) in [6.07, 6.45) is 4.20. The van der Waals surface area contributed by atoms with Gasteiger partial charge in [0.05, 0.1) is 16.8 Å². The Hall–Kier alpha value is -2.94. The minimum atomic E-state index is -0.0488. The molecule has 0 unspecified atom stereocenters. The van der Waals surface area contributed by atoms with Crippen molar-refractivity contribution >= 4 is 44.9 Å². The summed E-state index contributed by atoms with van der Waals surface area (Å²) < 4.78 is 7.55. The molecule has 0 fully saturated rings. The third-order valence-corrected chi connectivity index (χ3v) is 8.70. The topological polar surface area (TPSA) is 73.8 Å². The molecule has 0 amide bonds. The van der Waals surface area contributed by atoms with Gasteiger partial charge in [-0.3, -0.25) is 9.36 Å². The SMILES string of the molecule is Cc1ccc(-n2c(SCc3nnc(-c4ccccc4)o3)nc3sc4c(c3c2=O)CCCC4)cc1Cl. The number of thioether (sulfide) groups is 1. The van der Waals surface area contributed by atoms with Crippen LogP contribution in [0.1, 0.15) is 34.7 Å². The summed E-state index contributed by atoms with van der Waals surface area (Å²) in [5, 5.41) is 10.3. The molecule has 0 saturated carbocycles. The highest BCUT2D eigenvalue weighted by Crippen LogP contribution is 2.36. The fraction of sp³-hybridized carbons (Fsp3) is 0.231. The van der Waals surface area contributed by atoms with Crippen molar-refractivity contribution in [2.24, 2.45) is 0 Å². The Morgan fingerprint density at radius 3 is 2.77 bits per heavy atom. The molecule has 0 saturated heterocycles. The standard InChI is InChI=1S/C26H21ClN4O2S2/c1-15-11-12-17(13-19(15)27)31-25(32)22-18-9-5-6-10-20(18)35-24(22)28-26(31)34-14-21-29-30-23(33-21)16-7-3-2-4-8-16/h2-4,7-8,11-13H,5-6,9-10,14H2,1H3. The molecule has 2 aromatic carbocycles. The van der Waals surface area contributed by atoms with Crippen LogP contribution in [0.5, 0.6) is 0 Å². The van der Waals surface area contributed by atoms with Crippen LogP contribution >= 0.6 is 34.7 Å². The number of thiophene rings is 1. The van der Waals surface area contributed by atoms with Crippen LogP contribution in [-0.2, 0) is 18.6 Å². The van der Waals surface area contributed by atoms with E-state index in [0.717, 1.165) is 47.0 Å². The van der Waals surface area contributed by atoms with Crippen molar-refractivity contribution in [1.29, 1.82) is 0 Å². The molecule has 5 aromatic rings. The van der Waals surface area contributed by atoms with Gasteiger partial charge in [0.25, 0.3) is 5.56 Å². The lowest BCUT2D eigenvalue weighted by Crippen LogP contribution is -2.22. The van der Waals surface area contributed by atoms with Crippen LogP contribution in [-0.4, -0.2) is 19.7 Å². The largest absolute Gasteiger partial charge is 0.420 e. The highest BCUT2D eigenvalue weighted by atomic mass is 35.5. The van der Waals surface area contributed by atoms with Crippen molar-refractivity contribution in [2.75, 3.05) is 0 Å². The second-order valence-electron chi connectivity index (χ2n) is 8.52. The first-order valence-corrected chi connectivity index (χ1v) is 13.6. The Morgan fingerprint density at radius 1 is 1.11 bits per heavy atom. The molecule has 0 N–H and O–H groups in total. The van der Waals surface area contributed by atoms with Gasteiger partial charge in [-0.1, -0.05) is 47.6 Å². The Labute approximate surface area is 215 Å². The molecule has 3 heterocycles. The smallest absolute Gasteiger partial charge is 0.267 e. The van der Waals surface area contributed by atoms with E-state index in [9.17, 15) is 4.79 Å². The van der Waals surface area contributed by atoms with E-state index in [4.69, 9.17) is 21.0 Å². The molecule has 1 aliphatic carbocycles. The minimum absolute atomic E-state index is 0.0488. The highest BCUT2D eigenvalue weighted by Gasteiger charge is 2.23. The third-order valence-electron chi connectivity index (χ3n) is 6.18. The van der Waals surface area contributed by atoms with E-state index in [-0.39, 0.29) is 5.56 Å². The number of hydrogen-bond donors (Lipinski definition) is 0. The van der Waals surface area contributed by atoms with Crippen LogP contribution in [0.4, 0.5) is 0 Å². The van der Waals surface area contributed by atoms with E-state index >= 15 is 0 Å². The van der Waals surface area contributed by atoms with E-state index < -0.39 is 0 Å². The molecule has 6 rings (SSSR count). The number of benzene rings is 2. The second kappa shape index (κ2) is 9.26. The van der Waals surface area contributed by atoms with Crippen molar-refractivity contribution in [3.63, 3.8) is 0 Å². The summed E-state index contributed by atoms with van der Waals surface area (Å²) in [6, 6.07) is 15.3. The lowest BCUT2D eigenvalue weighted by atomic mass is 9.97. The van der Waals surface area contributed by atoms with Crippen LogP contribution in [0, 0.1) is 6.92 Å². The molecular weight excluding hydrogens is 500 g/mol. The monoisotopic (exact) mass is 520 g/mol. The van der Waals surface area contributed by atoms with Gasteiger partial charge in [-0.15, -0.1) is 21.5 Å². The average molecular weight is 521 g/mol. The van der Waals surface area contributed by atoms with Gasteiger partial charge < -0.3 is 4.42 Å². The van der Waals surface area contributed by atoms with E-state index in [1.54, 1.807) is 15.9 Å². The number of fused-ring (bicyclic) bond motifs is 3. The maximum absolute atomic E-state index is 13.9. The predicted octanol–water partition coefficient (Wildman–Crippen LogP) is 6.63. The molecule has 6 nitrogen and oxygen atoms in total. The molecule has 0 aliphatic heterocycles. The van der Waals surface area contributed by atoms with Crippen LogP contribution in [0.25, 0.3) is 27.4 Å². The minimum Gasteiger partial charge on any atom is -0.420 e. The molecule has 9 heteroatoms. The molecule has 0 spiro atoms. The number of aryl methyl sites for hydroxylation is 3. The number of aromatic nitrogens is 4. The number of hydrogen-bond acceptors (Lipinski definition) is 7. The van der Waals surface area contributed by atoms with Crippen molar-refractivity contribution in [3.8, 4) is 17.1 Å². The average Bonchev–Trinajstić information content (AvgIpc) is 3.50. The molecule has 0 bridgehead atoms. The molecule has 1 aliphatic rings. The summed E-state index contributed by atoms with van der Waals surface area (Å²) in [5.41, 5.74) is 3.65. The molecular formula is C26H21ClN4O2S2. The molecule has 0 radical (unpaired) electrons. The molecule has 0 atom stereocenters. The summed E-state index contributed by atoms with van der Waals surface area (Å²) in [6.45, 7) is 1.95. The van der Waals surface area contributed by atoms with Gasteiger partial charge in [0, 0.05) is 15.5 Å². The second-order valence-corrected chi connectivity index (χ2v) is 10.9. The molecule has 35 heavy (non-hydrogen) atoms. The van der Waals surface area contributed by atoms with Gasteiger partial charge in [-0.25, -0.2) is 4.98 Å². The van der Waals surface area contributed by atoms with Crippen LogP contribution in [0.3, 0.4) is 0 Å². The maximum Gasteiger partial charge on any atom is 0.267 e. The van der Waals surface area contributed by atoms with Gasteiger partial charge >= 0.3 is 0 Å². The van der Waals surface area contributed by atoms with E-state index in [1.807, 2.05) is 55.5 Å². The van der Waals surface area contributed by atoms with Crippen molar-refractivity contribution in [1.82, 2.24) is 19.7 Å². The van der Waals surface area contributed by atoms with Crippen molar-refractivity contribution < 1.29 is 4.42 Å². The van der Waals surface area contributed by atoms with Crippen LogP contribution in [0.15, 0.2) is 62.9 Å². The Morgan fingerprint density at radius 2 is 1.94 bits per heavy atom. The van der Waals surface area contributed by atoms with Crippen molar-refractivity contribution in [3.05, 3.63) is 85.8 Å². The van der Waals surface area contributed by atoms with E-state index in [1.165, 1.54) is 22.2 Å². The first-order valence-electron chi connectivity index (χ1n) is 11.4. The number of halogens is 1. The quantitative estimate of drug-likeness (QED) is 0.191. The highest BCUT2D eigenvalue weighted by molar-refractivity contribution is 7.98. The zero-order valence-electron chi connectivity index (χ0n) is 19.0. The van der Waals surface area contributed by atoms with Gasteiger partial charge in [-0.05, 0) is 68.0 Å². The van der Waals surface area contributed by atoms with Gasteiger partial charge in [0.15, 0.2) is 5.16 Å². The Kier molecular flexibility index (Phi) is 5.96. The lowest BCUT2D eigenvalue weighted by molar-refractivity contribution is 0.528. The van der Waals surface area contributed by atoms with Gasteiger partial charge in [0.1, 0.15) is 4.83 Å². The van der Waals surface area contributed by atoms with Crippen LogP contribution in [0.2, 0.25) is 5.02 Å². The molecule has 3 aromatic heterocycles. The van der Waals surface area contributed by atoms with Gasteiger partial charge in [-0.2, -0.15) is 0 Å². The fourth-order valence-electron chi connectivity index (χ4n) is 4.37. The van der Waals surface area contributed by atoms with Crippen LogP contribution < -0.4 is 5.56 Å². The summed E-state index contributed by atoms with van der Waals surface area (Å²) >= 11 is 9.49. The normalized spacial score (nSPS) is 13.3. The summed E-state index contributed by atoms with van der Waals surface area (Å²) in [5.74, 6) is 1.34. The van der Waals surface area contributed by atoms with E-state index in [0.29, 0.717) is 33.4 Å². The first kappa shape index (κ1) is 22.5. The zero-order chi connectivity index (χ0) is 23.9. The lowest BCUT2D eigenvalue weighted by Gasteiger charge is -2.14. The summed E-state index contributed by atoms with van der Waals surface area (Å²) in [4.78, 5) is 21.0. The Balaban J connectivity index is 1.42. The summed E-state index contributed by atoms with van der Waals surface area (Å²) in [7, 11) is 0.